The molecule has 0 aliphatic heterocycles. The van der Waals surface area contributed by atoms with Crippen molar-refractivity contribution >= 4 is 39.1 Å². The molecule has 2 amide bonds. The Balaban J connectivity index is 2.05. The number of amides is 2. The molecule has 3 aromatic rings. The highest BCUT2D eigenvalue weighted by atomic mass is 35.5. The molecule has 1 unspecified atom stereocenters. The Morgan fingerprint density at radius 2 is 1.59 bits per heavy atom. The lowest BCUT2D eigenvalue weighted by atomic mass is 10.1. The minimum Gasteiger partial charge on any atom is -0.492 e. The van der Waals surface area contributed by atoms with Gasteiger partial charge in [0.25, 0.3) is 10.0 Å². The highest BCUT2D eigenvalue weighted by Gasteiger charge is 2.33. The maximum atomic E-state index is 13.9. The van der Waals surface area contributed by atoms with Crippen molar-refractivity contribution < 1.29 is 22.7 Å². The molecule has 0 saturated carbocycles. The number of carbonyl (C=O) groups excluding carboxylic acids is 2. The van der Waals surface area contributed by atoms with Crippen molar-refractivity contribution in [3.05, 3.63) is 89.4 Å². The number of rotatable bonds is 13. The summed E-state index contributed by atoms with van der Waals surface area (Å²) in [5, 5.41) is 3.36. The number of nitrogens with zero attached hydrogens (tertiary/aromatic N) is 2. The van der Waals surface area contributed by atoms with E-state index in [0.29, 0.717) is 23.9 Å². The monoisotopic (exact) mass is 571 g/mol. The van der Waals surface area contributed by atoms with E-state index in [1.165, 1.54) is 17.0 Å². The Bertz CT molecular complexity index is 1350. The van der Waals surface area contributed by atoms with Crippen LogP contribution in [-0.4, -0.2) is 50.9 Å². The molecule has 0 aliphatic carbocycles. The van der Waals surface area contributed by atoms with Crippen LogP contribution in [0.25, 0.3) is 0 Å². The van der Waals surface area contributed by atoms with Crippen LogP contribution in [0.3, 0.4) is 0 Å². The van der Waals surface area contributed by atoms with Crippen molar-refractivity contribution in [2.45, 2.75) is 44.7 Å². The molecule has 0 saturated heterocycles. The summed E-state index contributed by atoms with van der Waals surface area (Å²) in [4.78, 5) is 28.3. The summed E-state index contributed by atoms with van der Waals surface area (Å²) in [7, 11) is -4.17. The van der Waals surface area contributed by atoms with Gasteiger partial charge in [-0.25, -0.2) is 8.42 Å². The first-order valence-electron chi connectivity index (χ1n) is 12.8. The van der Waals surface area contributed by atoms with Gasteiger partial charge in [-0.15, -0.1) is 0 Å². The van der Waals surface area contributed by atoms with Crippen LogP contribution in [0.4, 0.5) is 5.69 Å². The third-order valence-electron chi connectivity index (χ3n) is 6.03. The standard InChI is InChI=1S/C29H34ClN3O5S/c1-4-19-31-29(35)22(3)32(20-23-15-17-24(30)18-16-23)28(34)21-33(26-13-9-10-14-27(26)38-5-2)39(36,37)25-11-7-6-8-12-25/h6-18,22H,4-5,19-21H2,1-3H3,(H,31,35). The molecular formula is C29H34ClN3O5S. The molecule has 3 aromatic carbocycles. The van der Waals surface area contributed by atoms with Gasteiger partial charge in [-0.1, -0.05) is 61.0 Å². The number of ether oxygens (including phenoxy) is 1. The maximum absolute atomic E-state index is 13.9. The van der Waals surface area contributed by atoms with Crippen molar-refractivity contribution in [2.24, 2.45) is 0 Å². The van der Waals surface area contributed by atoms with Gasteiger partial charge in [-0.3, -0.25) is 13.9 Å². The number of benzene rings is 3. The van der Waals surface area contributed by atoms with Crippen molar-refractivity contribution in [1.82, 2.24) is 10.2 Å². The number of hydrogen-bond donors (Lipinski definition) is 1. The minimum absolute atomic E-state index is 0.0297. The highest BCUT2D eigenvalue weighted by molar-refractivity contribution is 7.92. The first kappa shape index (κ1) is 30.0. The molecule has 208 valence electrons. The van der Waals surface area contributed by atoms with Crippen LogP contribution in [0.2, 0.25) is 5.02 Å². The summed E-state index contributed by atoms with van der Waals surface area (Å²) in [6.45, 7) is 5.67. The SMILES string of the molecule is CCCNC(=O)C(C)N(Cc1ccc(Cl)cc1)C(=O)CN(c1ccccc1OCC)S(=O)(=O)c1ccccc1. The second-order valence-corrected chi connectivity index (χ2v) is 11.1. The summed E-state index contributed by atoms with van der Waals surface area (Å²) >= 11 is 6.04. The summed E-state index contributed by atoms with van der Waals surface area (Å²) < 4.78 is 34.6. The van der Waals surface area contributed by atoms with Gasteiger partial charge in [0.1, 0.15) is 18.3 Å². The third kappa shape index (κ3) is 7.74. The average molecular weight is 572 g/mol. The fourth-order valence-electron chi connectivity index (χ4n) is 3.94. The number of para-hydroxylation sites is 2. The Labute approximate surface area is 235 Å². The van der Waals surface area contributed by atoms with E-state index in [1.54, 1.807) is 80.6 Å². The average Bonchev–Trinajstić information content (AvgIpc) is 2.94. The number of hydrogen-bond acceptors (Lipinski definition) is 5. The molecule has 0 radical (unpaired) electrons. The largest absolute Gasteiger partial charge is 0.492 e. The van der Waals surface area contributed by atoms with Gasteiger partial charge >= 0.3 is 0 Å². The van der Waals surface area contributed by atoms with Gasteiger partial charge in [0.15, 0.2) is 0 Å². The molecule has 39 heavy (non-hydrogen) atoms. The zero-order chi connectivity index (χ0) is 28.4. The fraction of sp³-hybridized carbons (Fsp3) is 0.310. The molecular weight excluding hydrogens is 538 g/mol. The smallest absolute Gasteiger partial charge is 0.264 e. The van der Waals surface area contributed by atoms with E-state index < -0.39 is 28.5 Å². The Hall–Kier alpha value is -3.56. The lowest BCUT2D eigenvalue weighted by molar-refractivity contribution is -0.139. The first-order valence-corrected chi connectivity index (χ1v) is 14.6. The van der Waals surface area contributed by atoms with E-state index in [1.807, 2.05) is 6.92 Å². The van der Waals surface area contributed by atoms with E-state index in [0.717, 1.165) is 16.3 Å². The predicted octanol–water partition coefficient (Wildman–Crippen LogP) is 4.88. The topological polar surface area (TPSA) is 96.0 Å². The summed E-state index contributed by atoms with van der Waals surface area (Å²) in [6.07, 6.45) is 0.737. The van der Waals surface area contributed by atoms with Gasteiger partial charge in [0.05, 0.1) is 17.2 Å². The Morgan fingerprint density at radius 1 is 0.949 bits per heavy atom. The second kappa shape index (κ2) is 14.0. The first-order chi connectivity index (χ1) is 18.7. The van der Waals surface area contributed by atoms with Crippen LogP contribution in [0.5, 0.6) is 5.75 Å². The van der Waals surface area contributed by atoms with Crippen LogP contribution in [-0.2, 0) is 26.2 Å². The molecule has 8 nitrogen and oxygen atoms in total. The molecule has 1 atom stereocenters. The fourth-order valence-corrected chi connectivity index (χ4v) is 5.51. The summed E-state index contributed by atoms with van der Waals surface area (Å²) in [5.74, 6) is -0.549. The van der Waals surface area contributed by atoms with Gasteiger partial charge < -0.3 is 15.0 Å². The van der Waals surface area contributed by atoms with Crippen LogP contribution >= 0.6 is 11.6 Å². The number of halogens is 1. The van der Waals surface area contributed by atoms with Gasteiger partial charge in [-0.2, -0.15) is 0 Å². The zero-order valence-corrected chi connectivity index (χ0v) is 23.9. The van der Waals surface area contributed by atoms with E-state index in [4.69, 9.17) is 16.3 Å². The van der Waals surface area contributed by atoms with Crippen molar-refractivity contribution in [2.75, 3.05) is 24.0 Å². The Kier molecular flexibility index (Phi) is 10.8. The third-order valence-corrected chi connectivity index (χ3v) is 8.05. The minimum atomic E-state index is -4.17. The van der Waals surface area contributed by atoms with Crippen molar-refractivity contribution in [3.8, 4) is 5.75 Å². The molecule has 3 rings (SSSR count). The van der Waals surface area contributed by atoms with Crippen LogP contribution < -0.4 is 14.4 Å². The molecule has 0 bridgehead atoms. The van der Waals surface area contributed by atoms with Gasteiger partial charge in [-0.05, 0) is 62.2 Å². The van der Waals surface area contributed by atoms with Crippen molar-refractivity contribution in [1.29, 1.82) is 0 Å². The van der Waals surface area contributed by atoms with E-state index in [-0.39, 0.29) is 23.0 Å². The zero-order valence-electron chi connectivity index (χ0n) is 22.3. The van der Waals surface area contributed by atoms with Gasteiger partial charge in [0.2, 0.25) is 11.8 Å². The molecule has 0 aromatic heterocycles. The molecule has 10 heteroatoms. The summed E-state index contributed by atoms with van der Waals surface area (Å²) in [5.41, 5.74) is 0.973. The van der Waals surface area contributed by atoms with E-state index >= 15 is 0 Å². The quantitative estimate of drug-likeness (QED) is 0.315. The molecule has 0 spiro atoms. The normalized spacial score (nSPS) is 11.9. The number of carbonyl (C=O) groups is 2. The van der Waals surface area contributed by atoms with Crippen LogP contribution in [0.1, 0.15) is 32.8 Å². The van der Waals surface area contributed by atoms with E-state index in [2.05, 4.69) is 5.32 Å². The molecule has 0 fully saturated rings. The predicted molar refractivity (Wildman–Crippen MR) is 153 cm³/mol. The number of anilines is 1. The van der Waals surface area contributed by atoms with Crippen LogP contribution in [0, 0.1) is 0 Å². The van der Waals surface area contributed by atoms with Crippen LogP contribution in [0.15, 0.2) is 83.8 Å². The lowest BCUT2D eigenvalue weighted by Crippen LogP contribution is -2.51. The van der Waals surface area contributed by atoms with E-state index in [9.17, 15) is 18.0 Å². The summed E-state index contributed by atoms with van der Waals surface area (Å²) in [6, 6.07) is 20.6. The number of nitrogens with one attached hydrogen (secondary N) is 1. The molecule has 0 aliphatic rings. The molecule has 1 N–H and O–H groups in total. The second-order valence-electron chi connectivity index (χ2n) is 8.84. The van der Waals surface area contributed by atoms with Crippen molar-refractivity contribution in [3.63, 3.8) is 0 Å². The molecule has 0 heterocycles. The Morgan fingerprint density at radius 3 is 2.23 bits per heavy atom. The lowest BCUT2D eigenvalue weighted by Gasteiger charge is -2.32. The maximum Gasteiger partial charge on any atom is 0.264 e. The van der Waals surface area contributed by atoms with Gasteiger partial charge in [0, 0.05) is 18.1 Å². The number of sulfonamides is 1. The highest BCUT2D eigenvalue weighted by Crippen LogP contribution is 2.32.